The Morgan fingerprint density at radius 3 is 2.35 bits per heavy atom. The number of nitrogens with zero attached hydrogens (tertiary/aromatic N) is 1. The molecule has 0 radical (unpaired) electrons. The molecule has 2 rings (SSSR count). The molecule has 0 spiro atoms. The van der Waals surface area contributed by atoms with Gasteiger partial charge in [0.05, 0.1) is 5.71 Å². The maximum absolute atomic E-state index is 8.89. The van der Waals surface area contributed by atoms with Crippen molar-refractivity contribution >= 4 is 5.71 Å². The molecule has 0 bridgehead atoms. The standard InChI is InChI=1S/C17H19NO2/c1-3-14-8-10-15(11-9-14)12-20-17-7-5-4-6-16(17)13(2)18-19/h4-11,19H,3,12H2,1-2H3. The van der Waals surface area contributed by atoms with E-state index in [1.807, 2.05) is 24.3 Å². The van der Waals surface area contributed by atoms with Gasteiger partial charge in [-0.25, -0.2) is 0 Å². The Kier molecular flexibility index (Phi) is 4.77. The first-order valence-corrected chi connectivity index (χ1v) is 6.73. The third-order valence-electron chi connectivity index (χ3n) is 3.25. The number of para-hydroxylation sites is 1. The van der Waals surface area contributed by atoms with Crippen LogP contribution in [0.2, 0.25) is 0 Å². The van der Waals surface area contributed by atoms with Crippen LogP contribution in [-0.2, 0) is 13.0 Å². The largest absolute Gasteiger partial charge is 0.488 e. The molecular formula is C17H19NO2. The summed E-state index contributed by atoms with van der Waals surface area (Å²) in [5.41, 5.74) is 3.79. The highest BCUT2D eigenvalue weighted by Crippen LogP contribution is 2.20. The molecule has 0 saturated heterocycles. The van der Waals surface area contributed by atoms with Crippen molar-refractivity contribution < 1.29 is 9.94 Å². The molecule has 20 heavy (non-hydrogen) atoms. The molecule has 0 amide bonds. The number of hydrogen-bond acceptors (Lipinski definition) is 3. The van der Waals surface area contributed by atoms with E-state index >= 15 is 0 Å². The second kappa shape index (κ2) is 6.75. The van der Waals surface area contributed by atoms with E-state index in [-0.39, 0.29) is 0 Å². The van der Waals surface area contributed by atoms with Gasteiger partial charge in [-0.05, 0) is 36.6 Å². The molecular weight excluding hydrogens is 250 g/mol. The van der Waals surface area contributed by atoms with E-state index in [0.29, 0.717) is 12.3 Å². The quantitative estimate of drug-likeness (QED) is 0.506. The highest BCUT2D eigenvalue weighted by Gasteiger charge is 2.06. The van der Waals surface area contributed by atoms with Gasteiger partial charge in [-0.3, -0.25) is 0 Å². The van der Waals surface area contributed by atoms with E-state index < -0.39 is 0 Å². The lowest BCUT2D eigenvalue weighted by Gasteiger charge is -2.11. The molecule has 1 N–H and O–H groups in total. The molecule has 0 heterocycles. The number of benzene rings is 2. The number of hydrogen-bond donors (Lipinski definition) is 1. The molecule has 2 aromatic rings. The molecule has 0 aliphatic rings. The Morgan fingerprint density at radius 1 is 1.05 bits per heavy atom. The van der Waals surface area contributed by atoms with Gasteiger partial charge >= 0.3 is 0 Å². The summed E-state index contributed by atoms with van der Waals surface area (Å²) >= 11 is 0. The van der Waals surface area contributed by atoms with Crippen LogP contribution in [0.1, 0.15) is 30.5 Å². The maximum atomic E-state index is 8.89. The lowest BCUT2D eigenvalue weighted by atomic mass is 10.1. The van der Waals surface area contributed by atoms with Gasteiger partial charge in [0, 0.05) is 5.56 Å². The normalized spacial score (nSPS) is 11.4. The van der Waals surface area contributed by atoms with E-state index in [2.05, 4.69) is 36.3 Å². The van der Waals surface area contributed by atoms with Crippen molar-refractivity contribution in [2.75, 3.05) is 0 Å². The Hall–Kier alpha value is -2.29. The van der Waals surface area contributed by atoms with Crippen molar-refractivity contribution in [2.45, 2.75) is 26.9 Å². The molecule has 0 unspecified atom stereocenters. The van der Waals surface area contributed by atoms with Gasteiger partial charge in [0.2, 0.25) is 0 Å². The molecule has 0 fully saturated rings. The van der Waals surface area contributed by atoms with E-state index in [9.17, 15) is 0 Å². The van der Waals surface area contributed by atoms with Crippen LogP contribution in [0.4, 0.5) is 0 Å². The van der Waals surface area contributed by atoms with Gasteiger partial charge in [-0.1, -0.05) is 48.5 Å². The van der Waals surface area contributed by atoms with Gasteiger partial charge in [-0.15, -0.1) is 0 Å². The second-order valence-corrected chi connectivity index (χ2v) is 4.64. The summed E-state index contributed by atoms with van der Waals surface area (Å²) in [5.74, 6) is 0.724. The SMILES string of the molecule is CCc1ccc(COc2ccccc2C(C)=NO)cc1. The van der Waals surface area contributed by atoms with Gasteiger partial charge in [-0.2, -0.15) is 0 Å². The van der Waals surface area contributed by atoms with E-state index in [1.54, 1.807) is 6.92 Å². The van der Waals surface area contributed by atoms with Crippen LogP contribution < -0.4 is 4.74 Å². The third-order valence-corrected chi connectivity index (χ3v) is 3.25. The van der Waals surface area contributed by atoms with Crippen molar-refractivity contribution in [3.63, 3.8) is 0 Å². The lowest BCUT2D eigenvalue weighted by molar-refractivity contribution is 0.303. The fraction of sp³-hybridized carbons (Fsp3) is 0.235. The average Bonchev–Trinajstić information content (AvgIpc) is 2.53. The van der Waals surface area contributed by atoms with Crippen LogP contribution in [-0.4, -0.2) is 10.9 Å². The first-order valence-electron chi connectivity index (χ1n) is 6.73. The maximum Gasteiger partial charge on any atom is 0.128 e. The molecule has 0 aliphatic carbocycles. The van der Waals surface area contributed by atoms with Gasteiger partial charge in [0.1, 0.15) is 12.4 Å². The number of oxime groups is 1. The summed E-state index contributed by atoms with van der Waals surface area (Å²) in [5, 5.41) is 12.1. The summed E-state index contributed by atoms with van der Waals surface area (Å²) in [6.45, 7) is 4.39. The summed E-state index contributed by atoms with van der Waals surface area (Å²) in [4.78, 5) is 0. The zero-order valence-electron chi connectivity index (χ0n) is 11.8. The number of aryl methyl sites for hydroxylation is 1. The molecule has 0 saturated carbocycles. The number of ether oxygens (including phenoxy) is 1. The van der Waals surface area contributed by atoms with E-state index in [4.69, 9.17) is 9.94 Å². The summed E-state index contributed by atoms with van der Waals surface area (Å²) in [6.07, 6.45) is 1.04. The predicted molar refractivity (Wildman–Crippen MR) is 80.6 cm³/mol. The minimum Gasteiger partial charge on any atom is -0.488 e. The average molecular weight is 269 g/mol. The number of rotatable bonds is 5. The van der Waals surface area contributed by atoms with Crippen LogP contribution in [0.25, 0.3) is 0 Å². The van der Waals surface area contributed by atoms with Crippen LogP contribution in [0.3, 0.4) is 0 Å². The minimum atomic E-state index is 0.500. The predicted octanol–water partition coefficient (Wildman–Crippen LogP) is 4.03. The molecule has 2 aromatic carbocycles. The Morgan fingerprint density at radius 2 is 1.70 bits per heavy atom. The zero-order valence-corrected chi connectivity index (χ0v) is 11.8. The molecule has 104 valence electrons. The summed E-state index contributed by atoms with van der Waals surface area (Å²) in [7, 11) is 0. The summed E-state index contributed by atoms with van der Waals surface area (Å²) in [6, 6.07) is 15.9. The van der Waals surface area contributed by atoms with Crippen molar-refractivity contribution in [3.8, 4) is 5.75 Å². The first kappa shape index (κ1) is 14.1. The van der Waals surface area contributed by atoms with E-state index in [0.717, 1.165) is 23.3 Å². The summed E-state index contributed by atoms with van der Waals surface area (Å²) < 4.78 is 5.83. The highest BCUT2D eigenvalue weighted by atomic mass is 16.5. The smallest absolute Gasteiger partial charge is 0.128 e. The third kappa shape index (κ3) is 3.38. The van der Waals surface area contributed by atoms with Crippen LogP contribution in [0.5, 0.6) is 5.75 Å². The molecule has 3 heteroatoms. The minimum absolute atomic E-state index is 0.500. The van der Waals surface area contributed by atoms with Gasteiger partial charge in [0.25, 0.3) is 0 Å². The second-order valence-electron chi connectivity index (χ2n) is 4.64. The Labute approximate surface area is 119 Å². The first-order chi connectivity index (χ1) is 9.74. The van der Waals surface area contributed by atoms with Gasteiger partial charge < -0.3 is 9.94 Å². The van der Waals surface area contributed by atoms with Crippen LogP contribution in [0, 0.1) is 0 Å². The fourth-order valence-electron chi connectivity index (χ4n) is 1.98. The Bertz CT molecular complexity index is 588. The monoisotopic (exact) mass is 269 g/mol. The molecule has 0 atom stereocenters. The zero-order chi connectivity index (χ0) is 14.4. The van der Waals surface area contributed by atoms with Crippen molar-refractivity contribution in [1.82, 2.24) is 0 Å². The molecule has 0 aliphatic heterocycles. The van der Waals surface area contributed by atoms with Crippen molar-refractivity contribution in [1.29, 1.82) is 0 Å². The topological polar surface area (TPSA) is 41.8 Å². The van der Waals surface area contributed by atoms with Gasteiger partial charge in [0.15, 0.2) is 0 Å². The van der Waals surface area contributed by atoms with Crippen LogP contribution in [0.15, 0.2) is 53.7 Å². The van der Waals surface area contributed by atoms with Crippen molar-refractivity contribution in [3.05, 3.63) is 65.2 Å². The molecule has 0 aromatic heterocycles. The van der Waals surface area contributed by atoms with E-state index in [1.165, 1.54) is 5.56 Å². The molecule has 3 nitrogen and oxygen atoms in total. The fourth-order valence-corrected chi connectivity index (χ4v) is 1.98. The van der Waals surface area contributed by atoms with Crippen LogP contribution >= 0.6 is 0 Å². The lowest BCUT2D eigenvalue weighted by Crippen LogP contribution is -2.02. The highest BCUT2D eigenvalue weighted by molar-refractivity contribution is 6.00. The van der Waals surface area contributed by atoms with Crippen molar-refractivity contribution in [2.24, 2.45) is 5.16 Å². The Balaban J connectivity index is 2.10.